The third-order valence-electron chi connectivity index (χ3n) is 9.85. The first-order valence-electron chi connectivity index (χ1n) is 18.2. The SMILES string of the molecule is C=C(NC(CCC)CCC)c1ccccc1Cc1ccccc1.C=C(NCC(F)(F)F)C1(CCCCC)C2=CC=CCC2c2ccccc21. The Labute approximate surface area is 293 Å². The molecule has 3 aromatic rings. The molecule has 0 aromatic heterocycles. The van der Waals surface area contributed by atoms with Gasteiger partial charge in [0, 0.05) is 28.9 Å². The predicted molar refractivity (Wildman–Crippen MR) is 202 cm³/mol. The zero-order chi connectivity index (χ0) is 35.3. The van der Waals surface area contributed by atoms with Crippen LogP contribution in [0.5, 0.6) is 0 Å². The van der Waals surface area contributed by atoms with Gasteiger partial charge in [-0.3, -0.25) is 0 Å². The Balaban J connectivity index is 0.000000223. The van der Waals surface area contributed by atoms with E-state index in [1.54, 1.807) is 0 Å². The highest BCUT2D eigenvalue weighted by Gasteiger charge is 2.49. The molecule has 2 atom stereocenters. The van der Waals surface area contributed by atoms with Gasteiger partial charge in [0.15, 0.2) is 0 Å². The van der Waals surface area contributed by atoms with Gasteiger partial charge in [-0.25, -0.2) is 0 Å². The van der Waals surface area contributed by atoms with E-state index in [-0.39, 0.29) is 5.92 Å². The molecule has 2 aliphatic carbocycles. The monoisotopic (exact) mass is 668 g/mol. The van der Waals surface area contributed by atoms with Crippen molar-refractivity contribution in [2.45, 2.75) is 109 Å². The minimum absolute atomic E-state index is 0.238. The molecule has 0 spiro atoms. The Kier molecular flexibility index (Phi) is 14.0. The van der Waals surface area contributed by atoms with Crippen LogP contribution in [-0.2, 0) is 11.8 Å². The van der Waals surface area contributed by atoms with Crippen molar-refractivity contribution in [1.29, 1.82) is 0 Å². The lowest BCUT2D eigenvalue weighted by atomic mass is 9.70. The zero-order valence-corrected chi connectivity index (χ0v) is 29.7. The molecule has 2 unspecified atom stereocenters. The van der Waals surface area contributed by atoms with Crippen molar-refractivity contribution in [2.24, 2.45) is 0 Å². The summed E-state index contributed by atoms with van der Waals surface area (Å²) < 4.78 is 38.5. The van der Waals surface area contributed by atoms with Crippen LogP contribution in [0.4, 0.5) is 13.2 Å². The molecule has 5 heteroatoms. The highest BCUT2D eigenvalue weighted by Crippen LogP contribution is 2.57. The first-order valence-corrected chi connectivity index (χ1v) is 18.2. The van der Waals surface area contributed by atoms with Crippen LogP contribution in [0.2, 0.25) is 0 Å². The van der Waals surface area contributed by atoms with Crippen molar-refractivity contribution in [3.63, 3.8) is 0 Å². The van der Waals surface area contributed by atoms with Gasteiger partial charge in [-0.15, -0.1) is 0 Å². The Morgan fingerprint density at radius 3 is 2.22 bits per heavy atom. The molecule has 0 aliphatic heterocycles. The van der Waals surface area contributed by atoms with Gasteiger partial charge in [0.1, 0.15) is 6.54 Å². The Morgan fingerprint density at radius 2 is 1.53 bits per heavy atom. The number of allylic oxidation sites excluding steroid dienone is 4. The second-order valence-electron chi connectivity index (χ2n) is 13.5. The predicted octanol–water partition coefficient (Wildman–Crippen LogP) is 12.0. The summed E-state index contributed by atoms with van der Waals surface area (Å²) >= 11 is 0. The maximum Gasteiger partial charge on any atom is 0.405 e. The van der Waals surface area contributed by atoms with E-state index in [0.29, 0.717) is 11.7 Å². The fourth-order valence-corrected chi connectivity index (χ4v) is 7.57. The van der Waals surface area contributed by atoms with E-state index in [1.165, 1.54) is 53.5 Å². The Bertz CT molecular complexity index is 1560. The van der Waals surface area contributed by atoms with E-state index in [9.17, 15) is 13.2 Å². The number of nitrogens with one attached hydrogen (secondary N) is 2. The van der Waals surface area contributed by atoms with Gasteiger partial charge in [-0.1, -0.05) is 163 Å². The molecule has 2 nitrogen and oxygen atoms in total. The summed E-state index contributed by atoms with van der Waals surface area (Å²) in [6.45, 7) is 14.0. The van der Waals surface area contributed by atoms with Crippen LogP contribution in [-0.4, -0.2) is 18.8 Å². The van der Waals surface area contributed by atoms with E-state index in [4.69, 9.17) is 0 Å². The first-order chi connectivity index (χ1) is 23.6. The number of halogens is 3. The normalized spacial score (nSPS) is 17.8. The van der Waals surface area contributed by atoms with Crippen molar-refractivity contribution in [2.75, 3.05) is 6.54 Å². The second-order valence-corrected chi connectivity index (χ2v) is 13.5. The van der Waals surface area contributed by atoms with Crippen LogP contribution in [0.1, 0.15) is 112 Å². The van der Waals surface area contributed by atoms with E-state index in [2.05, 4.69) is 123 Å². The molecular formula is C44H55F3N2. The summed E-state index contributed by atoms with van der Waals surface area (Å²) in [5, 5.41) is 6.29. The van der Waals surface area contributed by atoms with E-state index in [0.717, 1.165) is 49.8 Å². The summed E-state index contributed by atoms with van der Waals surface area (Å²) in [4.78, 5) is 0. The largest absolute Gasteiger partial charge is 0.405 e. The number of rotatable bonds is 16. The van der Waals surface area contributed by atoms with E-state index in [1.807, 2.05) is 18.2 Å². The minimum Gasteiger partial charge on any atom is -0.382 e. The standard InChI is InChI=1S/C22H26F3N.C22H29N/c1-3-4-9-14-21(16(2)26-15-22(23,24)25)19-12-7-5-10-17(19)18-11-6-8-13-20(18)21;1-4-11-21(12-5-2)23-18(3)22-16-10-9-15-20(22)17-19-13-7-6-8-14-19/h5-8,10,12-13,18,26H,2-4,9,11,14-15H2,1H3;6-10,13-16,21,23H,3-5,11-12,17H2,1-2H3. The summed E-state index contributed by atoms with van der Waals surface area (Å²) in [6.07, 6.45) is 12.5. The lowest BCUT2D eigenvalue weighted by Crippen LogP contribution is -2.39. The lowest BCUT2D eigenvalue weighted by molar-refractivity contribution is -0.123. The molecule has 3 aromatic carbocycles. The van der Waals surface area contributed by atoms with Gasteiger partial charge < -0.3 is 10.6 Å². The number of fused-ring (bicyclic) bond motifs is 3. The maximum absolute atomic E-state index is 12.8. The molecule has 0 saturated carbocycles. The fourth-order valence-electron chi connectivity index (χ4n) is 7.57. The average molecular weight is 669 g/mol. The smallest absolute Gasteiger partial charge is 0.382 e. The summed E-state index contributed by atoms with van der Waals surface area (Å²) in [5.74, 6) is 0.238. The fraction of sp³-hybridized carbons (Fsp3) is 0.409. The molecule has 2 aliphatic rings. The topological polar surface area (TPSA) is 24.1 Å². The number of hydrogen-bond donors (Lipinski definition) is 2. The molecular weight excluding hydrogens is 613 g/mol. The van der Waals surface area contributed by atoms with Crippen LogP contribution in [0.3, 0.4) is 0 Å². The number of benzene rings is 3. The molecule has 262 valence electrons. The molecule has 0 amide bonds. The maximum atomic E-state index is 12.8. The van der Waals surface area contributed by atoms with Crippen LogP contribution in [0.15, 0.2) is 122 Å². The van der Waals surface area contributed by atoms with Crippen LogP contribution in [0.25, 0.3) is 5.70 Å². The first kappa shape index (κ1) is 37.8. The molecule has 0 fully saturated rings. The van der Waals surface area contributed by atoms with Gasteiger partial charge in [0.25, 0.3) is 0 Å². The summed E-state index contributed by atoms with van der Waals surface area (Å²) in [7, 11) is 0. The van der Waals surface area contributed by atoms with E-state index < -0.39 is 18.1 Å². The molecule has 0 radical (unpaired) electrons. The van der Waals surface area contributed by atoms with Crippen molar-refractivity contribution in [3.05, 3.63) is 149 Å². The van der Waals surface area contributed by atoms with Gasteiger partial charge in [0.05, 0.1) is 5.41 Å². The second kappa shape index (κ2) is 18.1. The van der Waals surface area contributed by atoms with Gasteiger partial charge in [-0.05, 0) is 59.9 Å². The summed E-state index contributed by atoms with van der Waals surface area (Å²) in [5.41, 5.74) is 8.45. The van der Waals surface area contributed by atoms with Crippen molar-refractivity contribution in [3.8, 4) is 0 Å². The average Bonchev–Trinajstić information content (AvgIpc) is 3.39. The number of hydrogen-bond acceptors (Lipinski definition) is 2. The molecule has 5 rings (SSSR count). The van der Waals surface area contributed by atoms with Gasteiger partial charge in [0.2, 0.25) is 0 Å². The molecule has 0 bridgehead atoms. The van der Waals surface area contributed by atoms with Crippen molar-refractivity contribution < 1.29 is 13.2 Å². The lowest BCUT2D eigenvalue weighted by Gasteiger charge is -2.37. The van der Waals surface area contributed by atoms with E-state index >= 15 is 0 Å². The van der Waals surface area contributed by atoms with Crippen LogP contribution in [0, 0.1) is 0 Å². The van der Waals surface area contributed by atoms with Crippen LogP contribution >= 0.6 is 0 Å². The van der Waals surface area contributed by atoms with Crippen LogP contribution < -0.4 is 10.6 Å². The highest BCUT2D eigenvalue weighted by atomic mass is 19.4. The quantitative estimate of drug-likeness (QED) is 0.148. The Morgan fingerprint density at radius 1 is 0.857 bits per heavy atom. The van der Waals surface area contributed by atoms with Crippen molar-refractivity contribution in [1.82, 2.24) is 10.6 Å². The zero-order valence-electron chi connectivity index (χ0n) is 29.7. The third-order valence-corrected chi connectivity index (χ3v) is 9.85. The minimum atomic E-state index is -4.26. The molecule has 2 N–H and O–H groups in total. The third kappa shape index (κ3) is 9.80. The Hall–Kier alpha value is -3.99. The highest BCUT2D eigenvalue weighted by molar-refractivity contribution is 5.65. The van der Waals surface area contributed by atoms with Gasteiger partial charge in [-0.2, -0.15) is 13.2 Å². The molecule has 0 heterocycles. The number of alkyl halides is 3. The molecule has 49 heavy (non-hydrogen) atoms. The molecule has 0 saturated heterocycles. The van der Waals surface area contributed by atoms with Crippen molar-refractivity contribution >= 4 is 5.70 Å². The summed E-state index contributed by atoms with van der Waals surface area (Å²) in [6, 6.07) is 28.0. The van der Waals surface area contributed by atoms with Gasteiger partial charge >= 0.3 is 6.18 Å². The number of unbranched alkanes of at least 4 members (excludes halogenated alkanes) is 2.